The van der Waals surface area contributed by atoms with E-state index in [0.29, 0.717) is 35.8 Å². The first-order chi connectivity index (χ1) is 18.3. The Morgan fingerprint density at radius 1 is 1.18 bits per heavy atom. The number of nitrogens with one attached hydrogen (secondary N) is 1. The highest BCUT2D eigenvalue weighted by Crippen LogP contribution is 2.36. The van der Waals surface area contributed by atoms with Crippen molar-refractivity contribution in [2.45, 2.75) is 18.9 Å². The van der Waals surface area contributed by atoms with Gasteiger partial charge >= 0.3 is 6.03 Å². The Bertz CT molecular complexity index is 1470. The lowest BCUT2D eigenvalue weighted by Gasteiger charge is -2.33. The molecule has 2 saturated heterocycles. The molecule has 13 heteroatoms. The fraction of sp³-hybridized carbons (Fsp3) is 0.280. The van der Waals surface area contributed by atoms with Crippen molar-refractivity contribution in [1.82, 2.24) is 24.2 Å². The number of likely N-dealkylation sites (tertiary alicyclic amines) is 1. The van der Waals surface area contributed by atoms with E-state index in [1.165, 1.54) is 21.9 Å². The van der Waals surface area contributed by atoms with Crippen molar-refractivity contribution in [2.24, 2.45) is 5.73 Å². The van der Waals surface area contributed by atoms with Crippen molar-refractivity contribution >= 4 is 46.6 Å². The van der Waals surface area contributed by atoms with Crippen molar-refractivity contribution in [3.8, 4) is 0 Å². The Morgan fingerprint density at radius 3 is 2.74 bits per heavy atom. The number of carbonyl (C=O) groups excluding carboxylic acids is 4. The molecule has 13 nitrogen and oxygen atoms in total. The average molecular weight is 518 g/mol. The molecule has 0 aliphatic carbocycles. The Hall–Kier alpha value is -4.94. The van der Waals surface area contributed by atoms with Crippen LogP contribution < -0.4 is 21.7 Å². The molecule has 0 saturated carbocycles. The minimum absolute atomic E-state index is 0.175. The molecular weight excluding hydrogens is 490 g/mol. The van der Waals surface area contributed by atoms with E-state index in [1.54, 1.807) is 39.9 Å². The zero-order valence-corrected chi connectivity index (χ0v) is 20.5. The van der Waals surface area contributed by atoms with E-state index >= 15 is 0 Å². The number of nitrogens with zero attached hydrogens (tertiary/aromatic N) is 6. The number of carbonyl (C=O) groups is 4. The Labute approximate surface area is 217 Å². The minimum atomic E-state index is -0.611. The number of piperazine rings is 1. The molecule has 0 spiro atoms. The van der Waals surface area contributed by atoms with Gasteiger partial charge in [-0.15, -0.1) is 0 Å². The number of rotatable bonds is 5. The van der Waals surface area contributed by atoms with E-state index in [0.717, 1.165) is 6.42 Å². The van der Waals surface area contributed by atoms with Gasteiger partial charge in [-0.25, -0.2) is 14.8 Å². The van der Waals surface area contributed by atoms with E-state index in [4.69, 9.17) is 16.5 Å². The molecule has 4 heterocycles. The zero-order valence-electron chi connectivity index (χ0n) is 20.5. The van der Waals surface area contributed by atoms with Crippen molar-refractivity contribution in [3.05, 3.63) is 60.7 Å². The fourth-order valence-electron chi connectivity index (χ4n) is 4.93. The molecule has 2 aromatic heterocycles. The number of urea groups is 1. The molecule has 1 atom stereocenters. The van der Waals surface area contributed by atoms with Crippen LogP contribution in [0.25, 0.3) is 5.52 Å². The molecular formula is C25H27N9O4. The Kier molecular flexibility index (Phi) is 6.41. The predicted molar refractivity (Wildman–Crippen MR) is 139 cm³/mol. The van der Waals surface area contributed by atoms with E-state index in [1.807, 2.05) is 0 Å². The summed E-state index contributed by atoms with van der Waals surface area (Å²) in [6, 6.07) is 5.45. The van der Waals surface area contributed by atoms with Crippen LogP contribution in [-0.2, 0) is 9.59 Å². The van der Waals surface area contributed by atoms with Crippen LogP contribution in [0.15, 0.2) is 49.3 Å². The first-order valence-corrected chi connectivity index (χ1v) is 12.1. The van der Waals surface area contributed by atoms with Crippen molar-refractivity contribution in [1.29, 1.82) is 0 Å². The predicted octanol–water partition coefficient (Wildman–Crippen LogP) is 1.14. The summed E-state index contributed by atoms with van der Waals surface area (Å²) in [5.41, 5.74) is 12.6. The van der Waals surface area contributed by atoms with Gasteiger partial charge in [0.15, 0.2) is 11.6 Å². The molecule has 2 fully saturated rings. The Morgan fingerprint density at radius 2 is 2.00 bits per heavy atom. The van der Waals surface area contributed by atoms with Crippen LogP contribution in [0.4, 0.5) is 22.1 Å². The van der Waals surface area contributed by atoms with Gasteiger partial charge in [-0.05, 0) is 37.1 Å². The first kappa shape index (κ1) is 24.7. The van der Waals surface area contributed by atoms with E-state index < -0.39 is 11.9 Å². The van der Waals surface area contributed by atoms with Gasteiger partial charge in [0.05, 0.1) is 6.04 Å². The first-order valence-electron chi connectivity index (χ1n) is 12.1. The van der Waals surface area contributed by atoms with E-state index in [9.17, 15) is 19.2 Å². The summed E-state index contributed by atoms with van der Waals surface area (Å²) in [7, 11) is 0. The van der Waals surface area contributed by atoms with Gasteiger partial charge < -0.3 is 26.6 Å². The van der Waals surface area contributed by atoms with Gasteiger partial charge in [0.1, 0.15) is 17.9 Å². The second kappa shape index (κ2) is 9.84. The molecule has 0 bridgehead atoms. The number of hydrogen-bond acceptors (Lipinski definition) is 7. The number of primary amides is 1. The normalized spacial score (nSPS) is 17.6. The van der Waals surface area contributed by atoms with Crippen LogP contribution in [0.3, 0.4) is 0 Å². The molecule has 3 aromatic rings. The van der Waals surface area contributed by atoms with Crippen LogP contribution in [0.1, 0.15) is 35.1 Å². The summed E-state index contributed by atoms with van der Waals surface area (Å²) in [6.45, 7) is 4.39. The van der Waals surface area contributed by atoms with Crippen LogP contribution in [0, 0.1) is 0 Å². The second-order valence-corrected chi connectivity index (χ2v) is 9.06. The SMILES string of the molecule is C=CC(=O)N1CCCC1c1nc(N2CCN(C(=O)Nc3cccc(C(N)=O)c3)CC2=O)c2c(N)nccn12. The third kappa shape index (κ3) is 4.38. The molecule has 38 heavy (non-hydrogen) atoms. The fourth-order valence-corrected chi connectivity index (χ4v) is 4.93. The summed E-state index contributed by atoms with van der Waals surface area (Å²) < 4.78 is 1.77. The quantitative estimate of drug-likeness (QED) is 0.426. The lowest BCUT2D eigenvalue weighted by molar-refractivity contribution is -0.127. The van der Waals surface area contributed by atoms with Gasteiger partial charge in [-0.1, -0.05) is 12.6 Å². The molecule has 1 unspecified atom stereocenters. The number of anilines is 3. The number of fused-ring (bicyclic) bond motifs is 1. The van der Waals surface area contributed by atoms with Gasteiger partial charge in [0.2, 0.25) is 17.7 Å². The molecule has 5 amide bonds. The molecule has 2 aliphatic rings. The largest absolute Gasteiger partial charge is 0.382 e. The standard InChI is InChI=1S/C25H27N9O4/c1-2-18(35)32-9-4-7-17(32)23-30-24(20-21(26)28-8-10-34(20)23)33-12-11-31(14-19(33)36)25(38)29-16-6-3-5-15(13-16)22(27)37/h2-3,5-6,8,10,13,17H,1,4,7,9,11-12,14H2,(H2,26,28)(H2,27,37)(H,29,38). The van der Waals surface area contributed by atoms with E-state index in [-0.39, 0.29) is 48.9 Å². The van der Waals surface area contributed by atoms with Crippen LogP contribution in [0.5, 0.6) is 0 Å². The van der Waals surface area contributed by atoms with Crippen molar-refractivity contribution in [2.75, 3.05) is 42.1 Å². The number of hydrogen-bond donors (Lipinski definition) is 3. The molecule has 0 radical (unpaired) electrons. The number of amides is 5. The van der Waals surface area contributed by atoms with Gasteiger partial charge in [-0.2, -0.15) is 0 Å². The number of nitrogens with two attached hydrogens (primary N) is 2. The molecule has 1 aromatic carbocycles. The maximum atomic E-state index is 13.3. The van der Waals surface area contributed by atoms with Gasteiger partial charge in [-0.3, -0.25) is 23.7 Å². The molecule has 5 rings (SSSR count). The molecule has 5 N–H and O–H groups in total. The summed E-state index contributed by atoms with van der Waals surface area (Å²) in [5.74, 6) is -0.0349. The number of imidazole rings is 1. The molecule has 196 valence electrons. The zero-order chi connectivity index (χ0) is 27.0. The van der Waals surface area contributed by atoms with Gasteiger partial charge in [0.25, 0.3) is 0 Å². The van der Waals surface area contributed by atoms with Crippen molar-refractivity contribution in [3.63, 3.8) is 0 Å². The monoisotopic (exact) mass is 517 g/mol. The Balaban J connectivity index is 1.39. The lowest BCUT2D eigenvalue weighted by Crippen LogP contribution is -2.53. The van der Waals surface area contributed by atoms with Crippen LogP contribution in [-0.4, -0.2) is 74.1 Å². The smallest absolute Gasteiger partial charge is 0.322 e. The molecule has 2 aliphatic heterocycles. The maximum absolute atomic E-state index is 13.3. The van der Waals surface area contributed by atoms with Crippen LogP contribution in [0.2, 0.25) is 0 Å². The average Bonchev–Trinajstić information content (AvgIpc) is 3.54. The summed E-state index contributed by atoms with van der Waals surface area (Å²) in [6.07, 6.45) is 6.05. The lowest BCUT2D eigenvalue weighted by atomic mass is 10.2. The summed E-state index contributed by atoms with van der Waals surface area (Å²) in [4.78, 5) is 63.5. The number of benzene rings is 1. The highest BCUT2D eigenvalue weighted by atomic mass is 16.2. The highest BCUT2D eigenvalue weighted by molar-refractivity contribution is 6.03. The van der Waals surface area contributed by atoms with Gasteiger partial charge in [0, 0.05) is 43.3 Å². The van der Waals surface area contributed by atoms with Crippen LogP contribution >= 0.6 is 0 Å². The minimum Gasteiger partial charge on any atom is -0.382 e. The summed E-state index contributed by atoms with van der Waals surface area (Å²) >= 11 is 0. The third-order valence-corrected chi connectivity index (χ3v) is 6.76. The number of aromatic nitrogens is 3. The topological polar surface area (TPSA) is 172 Å². The number of nitrogen functional groups attached to an aromatic ring is 1. The van der Waals surface area contributed by atoms with Crippen molar-refractivity contribution < 1.29 is 19.2 Å². The summed E-state index contributed by atoms with van der Waals surface area (Å²) in [5, 5.41) is 2.70. The second-order valence-electron chi connectivity index (χ2n) is 9.06. The highest BCUT2D eigenvalue weighted by Gasteiger charge is 2.36. The third-order valence-electron chi connectivity index (χ3n) is 6.76. The maximum Gasteiger partial charge on any atom is 0.322 e. The van der Waals surface area contributed by atoms with E-state index in [2.05, 4.69) is 16.9 Å².